The number of carbonyl (C=O) groups is 1. The molecule has 0 fully saturated rings. The molecule has 0 aliphatic heterocycles. The molecule has 2 N–H and O–H groups in total. The number of nitro groups is 1. The first-order chi connectivity index (χ1) is 14.8. The first-order valence-electron chi connectivity index (χ1n) is 8.48. The molecule has 0 bridgehead atoms. The summed E-state index contributed by atoms with van der Waals surface area (Å²) in [5.41, 5.74) is 0.380. The van der Waals surface area contributed by atoms with Crippen LogP contribution < -0.4 is 10.0 Å². The van der Waals surface area contributed by atoms with E-state index in [1.807, 2.05) is 0 Å². The fourth-order valence-electron chi connectivity index (χ4n) is 2.37. The zero-order valence-corrected chi connectivity index (χ0v) is 17.2. The van der Waals surface area contributed by atoms with E-state index in [1.54, 1.807) is 11.4 Å². The first-order valence-corrected chi connectivity index (χ1v) is 10.8. The molecule has 1 amide bonds. The number of nitrogens with one attached hydrogen (secondary N) is 2. The summed E-state index contributed by atoms with van der Waals surface area (Å²) in [7, 11) is -3.83. The van der Waals surface area contributed by atoms with Crippen LogP contribution in [0.2, 0.25) is 0 Å². The van der Waals surface area contributed by atoms with Crippen molar-refractivity contribution in [2.75, 3.05) is 10.0 Å². The number of hydrogen-bond donors (Lipinski definition) is 2. The van der Waals surface area contributed by atoms with Crippen molar-refractivity contribution in [1.82, 2.24) is 4.98 Å². The number of sulfonamides is 1. The zero-order valence-electron chi connectivity index (χ0n) is 15.6. The zero-order chi connectivity index (χ0) is 22.4. The number of nitrogens with zero attached hydrogens (tertiary/aromatic N) is 3. The SMILES string of the molecule is N#C/C(=C\c1ccc([N+](=O)[O-])cc1)C(=O)Nc1ccc(S(=O)(=O)Nc2nccs2)cc1. The van der Waals surface area contributed by atoms with Crippen molar-refractivity contribution in [3.63, 3.8) is 0 Å². The molecule has 1 heterocycles. The van der Waals surface area contributed by atoms with E-state index in [9.17, 15) is 28.6 Å². The van der Waals surface area contributed by atoms with E-state index in [2.05, 4.69) is 15.0 Å². The van der Waals surface area contributed by atoms with Crippen LogP contribution in [0.15, 0.2) is 70.6 Å². The van der Waals surface area contributed by atoms with Crippen LogP contribution in [-0.4, -0.2) is 24.2 Å². The standard InChI is InChI=1S/C19H13N5O5S2/c20-12-14(11-13-1-5-16(6-2-13)24(26)27)18(25)22-15-3-7-17(8-4-15)31(28,29)23-19-21-9-10-30-19/h1-11H,(H,21,23)(H,22,25)/b14-11+. The highest BCUT2D eigenvalue weighted by Crippen LogP contribution is 2.20. The van der Waals surface area contributed by atoms with Crippen molar-refractivity contribution >= 4 is 49.8 Å². The lowest BCUT2D eigenvalue weighted by atomic mass is 10.1. The highest BCUT2D eigenvalue weighted by molar-refractivity contribution is 7.93. The number of rotatable bonds is 7. The lowest BCUT2D eigenvalue weighted by Crippen LogP contribution is -2.15. The molecule has 156 valence electrons. The van der Waals surface area contributed by atoms with E-state index in [4.69, 9.17) is 0 Å². The molecule has 31 heavy (non-hydrogen) atoms. The van der Waals surface area contributed by atoms with Crippen LogP contribution in [-0.2, 0) is 14.8 Å². The van der Waals surface area contributed by atoms with Crippen LogP contribution in [0, 0.1) is 21.4 Å². The van der Waals surface area contributed by atoms with Crippen LogP contribution in [0.5, 0.6) is 0 Å². The molecule has 3 aromatic rings. The minimum Gasteiger partial charge on any atom is -0.321 e. The molecule has 0 saturated carbocycles. The number of nitro benzene ring substituents is 1. The van der Waals surface area contributed by atoms with Gasteiger partial charge in [0, 0.05) is 29.4 Å². The highest BCUT2D eigenvalue weighted by Gasteiger charge is 2.16. The second-order valence-corrected chi connectivity index (χ2v) is 8.52. The Balaban J connectivity index is 1.71. The van der Waals surface area contributed by atoms with E-state index < -0.39 is 20.9 Å². The number of hydrogen-bond acceptors (Lipinski definition) is 8. The molecule has 12 heteroatoms. The number of anilines is 2. The predicted octanol–water partition coefficient (Wildman–Crippen LogP) is 3.40. The van der Waals surface area contributed by atoms with E-state index in [1.165, 1.54) is 60.8 Å². The number of non-ortho nitro benzene ring substituents is 1. The average Bonchev–Trinajstić information content (AvgIpc) is 3.25. The Morgan fingerprint density at radius 2 is 1.84 bits per heavy atom. The first kappa shape index (κ1) is 21.6. The van der Waals surface area contributed by atoms with Gasteiger partial charge in [0.1, 0.15) is 11.6 Å². The van der Waals surface area contributed by atoms with Crippen molar-refractivity contribution < 1.29 is 18.1 Å². The van der Waals surface area contributed by atoms with Gasteiger partial charge in [0.25, 0.3) is 21.6 Å². The van der Waals surface area contributed by atoms with Gasteiger partial charge in [-0.15, -0.1) is 11.3 Å². The molecule has 0 unspecified atom stereocenters. The van der Waals surface area contributed by atoms with Gasteiger partial charge in [-0.2, -0.15) is 5.26 Å². The molecular weight excluding hydrogens is 442 g/mol. The van der Waals surface area contributed by atoms with E-state index in [0.29, 0.717) is 5.56 Å². The van der Waals surface area contributed by atoms with E-state index >= 15 is 0 Å². The molecule has 0 aliphatic rings. The van der Waals surface area contributed by atoms with Gasteiger partial charge >= 0.3 is 0 Å². The predicted molar refractivity (Wildman–Crippen MR) is 115 cm³/mol. The minimum absolute atomic E-state index is 0.0253. The number of nitriles is 1. The monoisotopic (exact) mass is 455 g/mol. The van der Waals surface area contributed by atoms with Crippen molar-refractivity contribution in [3.8, 4) is 6.07 Å². The van der Waals surface area contributed by atoms with Gasteiger partial charge in [-0.25, -0.2) is 13.4 Å². The van der Waals surface area contributed by atoms with Gasteiger partial charge in [-0.1, -0.05) is 0 Å². The number of benzene rings is 2. The van der Waals surface area contributed by atoms with Gasteiger partial charge in [0.05, 0.1) is 9.82 Å². The summed E-state index contributed by atoms with van der Waals surface area (Å²) in [6, 6.07) is 12.5. The van der Waals surface area contributed by atoms with Crippen LogP contribution >= 0.6 is 11.3 Å². The smallest absolute Gasteiger partial charge is 0.269 e. The third-order valence-electron chi connectivity index (χ3n) is 3.86. The average molecular weight is 455 g/mol. The maximum Gasteiger partial charge on any atom is 0.269 e. The van der Waals surface area contributed by atoms with Crippen LogP contribution in [0.25, 0.3) is 6.08 Å². The Morgan fingerprint density at radius 3 is 2.39 bits per heavy atom. The Labute approximate surface area is 180 Å². The Kier molecular flexibility index (Phi) is 6.39. The lowest BCUT2D eigenvalue weighted by Gasteiger charge is -2.07. The lowest BCUT2D eigenvalue weighted by molar-refractivity contribution is -0.384. The van der Waals surface area contributed by atoms with Crippen molar-refractivity contribution in [2.45, 2.75) is 4.90 Å². The number of thiazole rings is 1. The fourth-order valence-corrected chi connectivity index (χ4v) is 4.16. The molecule has 2 aromatic carbocycles. The maximum absolute atomic E-state index is 12.4. The quantitative estimate of drug-likeness (QED) is 0.239. The summed E-state index contributed by atoms with van der Waals surface area (Å²) in [6.07, 6.45) is 2.76. The van der Waals surface area contributed by atoms with E-state index in [0.717, 1.165) is 11.3 Å². The largest absolute Gasteiger partial charge is 0.321 e. The van der Waals surface area contributed by atoms with Gasteiger partial charge < -0.3 is 5.32 Å². The normalized spacial score (nSPS) is 11.4. The minimum atomic E-state index is -3.83. The maximum atomic E-state index is 12.4. The molecule has 1 aromatic heterocycles. The van der Waals surface area contributed by atoms with Crippen LogP contribution in [0.4, 0.5) is 16.5 Å². The van der Waals surface area contributed by atoms with Crippen molar-refractivity contribution in [2.24, 2.45) is 0 Å². The summed E-state index contributed by atoms with van der Waals surface area (Å²) in [5.74, 6) is -0.711. The summed E-state index contributed by atoms with van der Waals surface area (Å²) in [6.45, 7) is 0. The summed E-state index contributed by atoms with van der Waals surface area (Å²) < 4.78 is 27.0. The van der Waals surface area contributed by atoms with Crippen LogP contribution in [0.3, 0.4) is 0 Å². The fraction of sp³-hybridized carbons (Fsp3) is 0. The van der Waals surface area contributed by atoms with Crippen molar-refractivity contribution in [3.05, 3.63) is 81.4 Å². The van der Waals surface area contributed by atoms with Crippen molar-refractivity contribution in [1.29, 1.82) is 5.26 Å². The second kappa shape index (κ2) is 9.16. The molecule has 0 spiro atoms. The summed E-state index contributed by atoms with van der Waals surface area (Å²) in [4.78, 5) is 26.3. The molecule has 0 saturated heterocycles. The summed E-state index contributed by atoms with van der Waals surface area (Å²) >= 11 is 1.14. The number of amides is 1. The Morgan fingerprint density at radius 1 is 1.16 bits per heavy atom. The van der Waals surface area contributed by atoms with Gasteiger partial charge in [0.2, 0.25) is 0 Å². The summed E-state index contributed by atoms with van der Waals surface area (Å²) in [5, 5.41) is 24.3. The Hall–Kier alpha value is -4.08. The van der Waals surface area contributed by atoms with E-state index in [-0.39, 0.29) is 27.0 Å². The number of aromatic nitrogens is 1. The van der Waals surface area contributed by atoms with Gasteiger partial charge in [-0.3, -0.25) is 19.6 Å². The van der Waals surface area contributed by atoms with Gasteiger partial charge in [-0.05, 0) is 48.0 Å². The second-order valence-electron chi connectivity index (χ2n) is 5.94. The highest BCUT2D eigenvalue weighted by atomic mass is 32.2. The molecule has 0 atom stereocenters. The number of carbonyl (C=O) groups excluding carboxylic acids is 1. The Bertz CT molecular complexity index is 1280. The molecule has 3 rings (SSSR count). The van der Waals surface area contributed by atoms with Crippen LogP contribution in [0.1, 0.15) is 5.56 Å². The third-order valence-corrected chi connectivity index (χ3v) is 6.03. The molecule has 0 aliphatic carbocycles. The molecular formula is C19H13N5O5S2. The third kappa shape index (κ3) is 5.50. The van der Waals surface area contributed by atoms with Gasteiger partial charge in [0.15, 0.2) is 5.13 Å². The topological polar surface area (TPSA) is 155 Å². The molecule has 0 radical (unpaired) electrons. The molecule has 10 nitrogen and oxygen atoms in total.